The Morgan fingerprint density at radius 1 is 1.60 bits per heavy atom. The topological polar surface area (TPSA) is 65.9 Å². The van der Waals surface area contributed by atoms with E-state index in [9.17, 15) is 0 Å². The molecule has 2 N–H and O–H groups in total. The maximum Gasteiger partial charge on any atom is 0.142 e. The fourth-order valence-electron chi connectivity index (χ4n) is 1.93. The van der Waals surface area contributed by atoms with Gasteiger partial charge in [-0.1, -0.05) is 6.07 Å². The molecule has 4 heteroatoms. The van der Waals surface area contributed by atoms with Gasteiger partial charge in [0.2, 0.25) is 0 Å². The van der Waals surface area contributed by atoms with Crippen LogP contribution in [0.4, 0.5) is 5.82 Å². The second-order valence-electron chi connectivity index (χ2n) is 3.88. The summed E-state index contributed by atoms with van der Waals surface area (Å²) in [4.78, 5) is 6.43. The van der Waals surface area contributed by atoms with E-state index in [1.54, 1.807) is 6.07 Å². The molecule has 1 saturated heterocycles. The first-order valence-corrected chi connectivity index (χ1v) is 5.12. The Morgan fingerprint density at radius 2 is 2.40 bits per heavy atom. The van der Waals surface area contributed by atoms with Crippen molar-refractivity contribution in [3.8, 4) is 6.07 Å². The van der Waals surface area contributed by atoms with Gasteiger partial charge in [-0.2, -0.15) is 5.26 Å². The normalized spacial score (nSPS) is 25.3. The van der Waals surface area contributed by atoms with Crippen molar-refractivity contribution in [1.29, 1.82) is 5.26 Å². The van der Waals surface area contributed by atoms with Crippen LogP contribution in [0, 0.1) is 11.3 Å². The van der Waals surface area contributed by atoms with Crippen LogP contribution in [0.2, 0.25) is 0 Å². The highest BCUT2D eigenvalue weighted by molar-refractivity contribution is 5.44. The van der Waals surface area contributed by atoms with Gasteiger partial charge in [-0.25, -0.2) is 4.98 Å². The van der Waals surface area contributed by atoms with E-state index in [-0.39, 0.29) is 6.04 Å². The zero-order valence-electron chi connectivity index (χ0n) is 8.72. The molecule has 0 bridgehead atoms. The van der Waals surface area contributed by atoms with E-state index in [0.29, 0.717) is 11.7 Å². The number of anilines is 1. The third-order valence-corrected chi connectivity index (χ3v) is 2.96. The van der Waals surface area contributed by atoms with E-state index >= 15 is 0 Å². The Bertz CT molecular complexity index is 396. The van der Waals surface area contributed by atoms with Gasteiger partial charge >= 0.3 is 0 Å². The number of hydrogen-bond acceptors (Lipinski definition) is 4. The highest BCUT2D eigenvalue weighted by Gasteiger charge is 2.28. The summed E-state index contributed by atoms with van der Waals surface area (Å²) in [5.41, 5.74) is 6.40. The van der Waals surface area contributed by atoms with E-state index in [1.807, 2.05) is 18.2 Å². The predicted octanol–water partition coefficient (Wildman–Crippen LogP) is 0.879. The summed E-state index contributed by atoms with van der Waals surface area (Å²) in [6.07, 6.45) is 0.986. The highest BCUT2D eigenvalue weighted by atomic mass is 15.2. The van der Waals surface area contributed by atoms with Gasteiger partial charge in [-0.15, -0.1) is 0 Å². The molecule has 0 radical (unpaired) electrons. The molecule has 1 aliphatic rings. The van der Waals surface area contributed by atoms with Gasteiger partial charge in [0.05, 0.1) is 0 Å². The van der Waals surface area contributed by atoms with E-state index in [1.165, 1.54) is 0 Å². The lowest BCUT2D eigenvalue weighted by Crippen LogP contribution is -2.37. The maximum atomic E-state index is 8.77. The van der Waals surface area contributed by atoms with Crippen LogP contribution >= 0.6 is 0 Å². The van der Waals surface area contributed by atoms with E-state index < -0.39 is 0 Å². The average Bonchev–Trinajstić information content (AvgIpc) is 2.60. The van der Waals surface area contributed by atoms with Crippen LogP contribution in [0.3, 0.4) is 0 Å². The fourth-order valence-corrected chi connectivity index (χ4v) is 1.93. The number of nitrogens with zero attached hydrogens (tertiary/aromatic N) is 3. The monoisotopic (exact) mass is 202 g/mol. The van der Waals surface area contributed by atoms with Crippen LogP contribution in [0.25, 0.3) is 0 Å². The maximum absolute atomic E-state index is 8.77. The average molecular weight is 202 g/mol. The first-order chi connectivity index (χ1) is 7.22. The summed E-state index contributed by atoms with van der Waals surface area (Å²) in [6.45, 7) is 3.02. The van der Waals surface area contributed by atoms with Crippen LogP contribution in [0.15, 0.2) is 18.2 Å². The minimum Gasteiger partial charge on any atom is -0.352 e. The van der Waals surface area contributed by atoms with Crippen molar-refractivity contribution in [1.82, 2.24) is 4.98 Å². The van der Waals surface area contributed by atoms with Crippen molar-refractivity contribution in [3.05, 3.63) is 23.9 Å². The van der Waals surface area contributed by atoms with Crippen molar-refractivity contribution in [3.63, 3.8) is 0 Å². The molecule has 78 valence electrons. The number of aromatic nitrogens is 1. The minimum atomic E-state index is 0.206. The van der Waals surface area contributed by atoms with Gasteiger partial charge in [0.25, 0.3) is 0 Å². The molecule has 0 amide bonds. The van der Waals surface area contributed by atoms with Gasteiger partial charge in [0.15, 0.2) is 0 Å². The van der Waals surface area contributed by atoms with Gasteiger partial charge in [0, 0.05) is 18.6 Å². The van der Waals surface area contributed by atoms with E-state index in [4.69, 9.17) is 11.0 Å². The smallest absolute Gasteiger partial charge is 0.142 e. The van der Waals surface area contributed by atoms with Crippen LogP contribution < -0.4 is 10.6 Å². The minimum absolute atomic E-state index is 0.206. The molecule has 2 rings (SSSR count). The SMILES string of the molecule is CC1C(N)CCN1c1cccc(C#N)n1. The lowest BCUT2D eigenvalue weighted by atomic mass is 10.2. The van der Waals surface area contributed by atoms with Gasteiger partial charge < -0.3 is 10.6 Å². The Labute approximate surface area is 89.3 Å². The molecule has 1 aromatic rings. The molecule has 4 nitrogen and oxygen atoms in total. The summed E-state index contributed by atoms with van der Waals surface area (Å²) in [5, 5.41) is 8.77. The number of nitriles is 1. The first-order valence-electron chi connectivity index (χ1n) is 5.12. The van der Waals surface area contributed by atoms with Crippen LogP contribution in [0.5, 0.6) is 0 Å². The first kappa shape index (κ1) is 9.94. The number of hydrogen-bond donors (Lipinski definition) is 1. The molecule has 15 heavy (non-hydrogen) atoms. The van der Waals surface area contributed by atoms with E-state index in [0.717, 1.165) is 18.8 Å². The Hall–Kier alpha value is -1.60. The highest BCUT2D eigenvalue weighted by Crippen LogP contribution is 2.22. The third kappa shape index (κ3) is 1.79. The quantitative estimate of drug-likeness (QED) is 0.734. The van der Waals surface area contributed by atoms with Crippen LogP contribution in [-0.4, -0.2) is 23.6 Å². The van der Waals surface area contributed by atoms with Crippen LogP contribution in [-0.2, 0) is 0 Å². The van der Waals surface area contributed by atoms with Gasteiger partial charge in [0.1, 0.15) is 17.6 Å². The molecular formula is C11H14N4. The molecule has 0 aromatic carbocycles. The van der Waals surface area contributed by atoms with Crippen molar-refractivity contribution >= 4 is 5.82 Å². The lowest BCUT2D eigenvalue weighted by molar-refractivity contribution is 0.621. The predicted molar refractivity (Wildman–Crippen MR) is 58.4 cm³/mol. The molecule has 2 heterocycles. The summed E-state index contributed by atoms with van der Waals surface area (Å²) >= 11 is 0. The molecule has 1 aliphatic heterocycles. The fraction of sp³-hybridized carbons (Fsp3) is 0.455. The molecular weight excluding hydrogens is 188 g/mol. The summed E-state index contributed by atoms with van der Waals surface area (Å²) < 4.78 is 0. The molecule has 1 fully saturated rings. The largest absolute Gasteiger partial charge is 0.352 e. The Balaban J connectivity index is 2.27. The van der Waals surface area contributed by atoms with Crippen molar-refractivity contribution in [2.24, 2.45) is 5.73 Å². The van der Waals surface area contributed by atoms with Crippen molar-refractivity contribution in [2.75, 3.05) is 11.4 Å². The third-order valence-electron chi connectivity index (χ3n) is 2.96. The second-order valence-corrected chi connectivity index (χ2v) is 3.88. The zero-order valence-corrected chi connectivity index (χ0v) is 8.72. The molecule has 0 saturated carbocycles. The molecule has 0 aliphatic carbocycles. The molecule has 0 spiro atoms. The summed E-state index contributed by atoms with van der Waals surface area (Å²) in [5.74, 6) is 0.856. The Morgan fingerprint density at radius 3 is 3.00 bits per heavy atom. The number of rotatable bonds is 1. The second kappa shape index (κ2) is 3.87. The standard InChI is InChI=1S/C11H14N4/c1-8-10(13)5-6-15(8)11-4-2-3-9(7-12)14-11/h2-4,8,10H,5-6,13H2,1H3. The summed E-state index contributed by atoms with van der Waals surface area (Å²) in [7, 11) is 0. The molecule has 2 unspecified atom stereocenters. The number of nitrogens with two attached hydrogens (primary N) is 1. The Kier molecular flexibility index (Phi) is 2.57. The van der Waals surface area contributed by atoms with E-state index in [2.05, 4.69) is 16.8 Å². The number of pyridine rings is 1. The van der Waals surface area contributed by atoms with Crippen LogP contribution in [0.1, 0.15) is 19.0 Å². The summed E-state index contributed by atoms with van der Waals surface area (Å²) in [6, 6.07) is 8.05. The van der Waals surface area contributed by atoms with Gasteiger partial charge in [-0.3, -0.25) is 0 Å². The van der Waals surface area contributed by atoms with Crippen molar-refractivity contribution in [2.45, 2.75) is 25.4 Å². The zero-order chi connectivity index (χ0) is 10.8. The van der Waals surface area contributed by atoms with Gasteiger partial charge in [-0.05, 0) is 25.5 Å². The lowest BCUT2D eigenvalue weighted by Gasteiger charge is -2.24. The van der Waals surface area contributed by atoms with Crippen molar-refractivity contribution < 1.29 is 0 Å². The molecule has 1 aromatic heterocycles. The molecule has 2 atom stereocenters.